The van der Waals surface area contributed by atoms with E-state index in [1.54, 1.807) is 12.1 Å². The lowest BCUT2D eigenvalue weighted by atomic mass is 9.86. The summed E-state index contributed by atoms with van der Waals surface area (Å²) in [6.07, 6.45) is 3.83. The van der Waals surface area contributed by atoms with Crippen molar-refractivity contribution in [1.29, 1.82) is 0 Å². The van der Waals surface area contributed by atoms with Crippen LogP contribution in [-0.4, -0.2) is 22.7 Å². The first kappa shape index (κ1) is 12.3. The van der Waals surface area contributed by atoms with Crippen molar-refractivity contribution in [1.82, 2.24) is 0 Å². The molecular formula is C14H17FO2S. The molecular weight excluding hydrogens is 251 g/mol. The molecule has 0 aromatic heterocycles. The van der Waals surface area contributed by atoms with E-state index in [1.807, 2.05) is 11.8 Å². The molecule has 2 unspecified atom stereocenters. The van der Waals surface area contributed by atoms with Crippen LogP contribution < -0.4 is 4.74 Å². The Morgan fingerprint density at radius 1 is 1.33 bits per heavy atom. The summed E-state index contributed by atoms with van der Waals surface area (Å²) in [5.74, 6) is -0.162. The third-order valence-corrected chi connectivity index (χ3v) is 5.59. The minimum absolute atomic E-state index is 0.232. The lowest BCUT2D eigenvalue weighted by molar-refractivity contribution is 0.0193. The molecule has 3 rings (SSSR count). The lowest BCUT2D eigenvalue weighted by Crippen LogP contribution is -2.34. The number of hydrogen-bond donors (Lipinski definition) is 1. The standard InChI is InChI=1S/C14H17FO2S/c1-17-13-5-2-9(6-12(13)15)14(16)7-10-3-4-11(8-14)18-10/h2,5-6,10-11,16H,3-4,7-8H2,1H3. The molecule has 1 aromatic rings. The van der Waals surface area contributed by atoms with E-state index in [1.165, 1.54) is 26.0 Å². The largest absolute Gasteiger partial charge is 0.494 e. The number of ether oxygens (including phenoxy) is 1. The summed E-state index contributed by atoms with van der Waals surface area (Å²) in [4.78, 5) is 0. The minimum atomic E-state index is -0.857. The second-order valence-corrected chi connectivity index (χ2v) is 6.85. The molecule has 2 bridgehead atoms. The number of benzene rings is 1. The molecule has 0 spiro atoms. The van der Waals surface area contributed by atoms with Crippen molar-refractivity contribution in [3.8, 4) is 5.75 Å². The molecule has 1 aromatic carbocycles. The number of hydrogen-bond acceptors (Lipinski definition) is 3. The minimum Gasteiger partial charge on any atom is -0.494 e. The second-order valence-electron chi connectivity index (χ2n) is 5.25. The topological polar surface area (TPSA) is 29.5 Å². The third-order valence-electron chi connectivity index (χ3n) is 4.02. The zero-order valence-electron chi connectivity index (χ0n) is 10.4. The molecule has 98 valence electrons. The molecule has 2 atom stereocenters. The van der Waals surface area contributed by atoms with Gasteiger partial charge in [-0.3, -0.25) is 0 Å². The molecule has 1 N–H and O–H groups in total. The van der Waals surface area contributed by atoms with Gasteiger partial charge in [0.05, 0.1) is 12.7 Å². The number of aliphatic hydroxyl groups is 1. The number of thioether (sulfide) groups is 1. The van der Waals surface area contributed by atoms with E-state index in [0.29, 0.717) is 16.1 Å². The summed E-state index contributed by atoms with van der Waals surface area (Å²) in [7, 11) is 1.45. The fourth-order valence-corrected chi connectivity index (χ4v) is 4.94. The van der Waals surface area contributed by atoms with Crippen molar-refractivity contribution in [2.24, 2.45) is 0 Å². The molecule has 2 saturated heterocycles. The monoisotopic (exact) mass is 268 g/mol. The van der Waals surface area contributed by atoms with Gasteiger partial charge in [-0.25, -0.2) is 4.39 Å². The molecule has 2 heterocycles. The third kappa shape index (κ3) is 2.01. The average Bonchev–Trinajstić information content (AvgIpc) is 2.69. The summed E-state index contributed by atoms with van der Waals surface area (Å²) in [5, 5.41) is 11.8. The van der Waals surface area contributed by atoms with Gasteiger partial charge >= 0.3 is 0 Å². The van der Waals surface area contributed by atoms with Crippen LogP contribution in [0.25, 0.3) is 0 Å². The Hall–Kier alpha value is -0.740. The highest BCUT2D eigenvalue weighted by Crippen LogP contribution is 2.51. The van der Waals surface area contributed by atoms with Crippen molar-refractivity contribution in [2.75, 3.05) is 7.11 Å². The molecule has 0 aliphatic carbocycles. The average molecular weight is 268 g/mol. The van der Waals surface area contributed by atoms with Gasteiger partial charge < -0.3 is 9.84 Å². The first-order chi connectivity index (χ1) is 8.60. The Kier molecular flexibility index (Phi) is 3.02. The number of fused-ring (bicyclic) bond motifs is 2. The highest BCUT2D eigenvalue weighted by atomic mass is 32.2. The van der Waals surface area contributed by atoms with Crippen LogP contribution >= 0.6 is 11.8 Å². The number of rotatable bonds is 2. The molecule has 18 heavy (non-hydrogen) atoms. The molecule has 2 aliphatic rings. The Balaban J connectivity index is 1.91. The van der Waals surface area contributed by atoms with Gasteiger partial charge in [0.25, 0.3) is 0 Å². The SMILES string of the molecule is COc1ccc(C2(O)CC3CCC(C2)S3)cc1F. The van der Waals surface area contributed by atoms with E-state index in [0.717, 1.165) is 12.8 Å². The fourth-order valence-electron chi connectivity index (χ4n) is 3.11. The van der Waals surface area contributed by atoms with E-state index in [9.17, 15) is 9.50 Å². The van der Waals surface area contributed by atoms with E-state index in [4.69, 9.17) is 4.74 Å². The number of methoxy groups -OCH3 is 1. The van der Waals surface area contributed by atoms with Crippen LogP contribution in [0.5, 0.6) is 5.75 Å². The van der Waals surface area contributed by atoms with Gasteiger partial charge in [-0.2, -0.15) is 11.8 Å². The van der Waals surface area contributed by atoms with Gasteiger partial charge in [-0.15, -0.1) is 0 Å². The maximum atomic E-state index is 13.7. The van der Waals surface area contributed by atoms with E-state index < -0.39 is 11.4 Å². The summed E-state index contributed by atoms with van der Waals surface area (Å²) in [6, 6.07) is 4.82. The summed E-state index contributed by atoms with van der Waals surface area (Å²) in [6.45, 7) is 0. The maximum Gasteiger partial charge on any atom is 0.165 e. The Morgan fingerprint density at radius 2 is 2.00 bits per heavy atom. The van der Waals surface area contributed by atoms with E-state index in [-0.39, 0.29) is 5.75 Å². The molecule has 2 fully saturated rings. The smallest absolute Gasteiger partial charge is 0.165 e. The zero-order chi connectivity index (χ0) is 12.8. The van der Waals surface area contributed by atoms with E-state index in [2.05, 4.69) is 0 Å². The summed E-state index contributed by atoms with van der Waals surface area (Å²) in [5.41, 5.74) is -0.164. The van der Waals surface area contributed by atoms with Crippen LogP contribution in [0, 0.1) is 5.82 Å². The molecule has 0 amide bonds. The summed E-state index contributed by atoms with van der Waals surface area (Å²) >= 11 is 1.98. The predicted molar refractivity (Wildman–Crippen MR) is 70.5 cm³/mol. The van der Waals surface area contributed by atoms with Crippen LogP contribution in [-0.2, 0) is 5.60 Å². The van der Waals surface area contributed by atoms with E-state index >= 15 is 0 Å². The highest BCUT2D eigenvalue weighted by molar-refractivity contribution is 8.00. The molecule has 4 heteroatoms. The molecule has 2 nitrogen and oxygen atoms in total. The molecule has 2 aliphatic heterocycles. The van der Waals surface area contributed by atoms with Crippen molar-refractivity contribution in [2.45, 2.75) is 41.8 Å². The lowest BCUT2D eigenvalue weighted by Gasteiger charge is -2.36. The maximum absolute atomic E-state index is 13.7. The van der Waals surface area contributed by atoms with Gasteiger partial charge in [0.1, 0.15) is 0 Å². The van der Waals surface area contributed by atoms with Gasteiger partial charge in [0.2, 0.25) is 0 Å². The Labute approximate surface area is 111 Å². The van der Waals surface area contributed by atoms with Crippen molar-refractivity contribution >= 4 is 11.8 Å². The van der Waals surface area contributed by atoms with Gasteiger partial charge in [-0.05, 0) is 43.4 Å². The van der Waals surface area contributed by atoms with Crippen LogP contribution in [0.4, 0.5) is 4.39 Å². The van der Waals surface area contributed by atoms with Gasteiger partial charge in [-0.1, -0.05) is 6.07 Å². The first-order valence-electron chi connectivity index (χ1n) is 6.32. The Bertz CT molecular complexity index is 451. The van der Waals surface area contributed by atoms with Crippen molar-refractivity contribution < 1.29 is 14.2 Å². The summed E-state index contributed by atoms with van der Waals surface area (Å²) < 4.78 is 18.7. The van der Waals surface area contributed by atoms with Crippen LogP contribution in [0.2, 0.25) is 0 Å². The predicted octanol–water partition coefficient (Wildman–Crippen LogP) is 3.08. The molecule has 0 saturated carbocycles. The van der Waals surface area contributed by atoms with Gasteiger partial charge in [0, 0.05) is 10.5 Å². The van der Waals surface area contributed by atoms with Gasteiger partial charge in [0.15, 0.2) is 11.6 Å². The fraction of sp³-hybridized carbons (Fsp3) is 0.571. The van der Waals surface area contributed by atoms with Crippen molar-refractivity contribution in [3.05, 3.63) is 29.6 Å². The van der Waals surface area contributed by atoms with Crippen molar-refractivity contribution in [3.63, 3.8) is 0 Å². The highest BCUT2D eigenvalue weighted by Gasteiger charge is 2.44. The van der Waals surface area contributed by atoms with Crippen LogP contribution in [0.3, 0.4) is 0 Å². The zero-order valence-corrected chi connectivity index (χ0v) is 11.2. The van der Waals surface area contributed by atoms with Crippen LogP contribution in [0.1, 0.15) is 31.2 Å². The Morgan fingerprint density at radius 3 is 2.56 bits per heavy atom. The quantitative estimate of drug-likeness (QED) is 0.894. The normalized spacial score (nSPS) is 34.6. The van der Waals surface area contributed by atoms with Crippen LogP contribution in [0.15, 0.2) is 18.2 Å². The second kappa shape index (κ2) is 4.42. The number of halogens is 1. The molecule has 0 radical (unpaired) electrons. The first-order valence-corrected chi connectivity index (χ1v) is 7.27.